The zero-order valence-electron chi connectivity index (χ0n) is 11.6. The molecule has 19 heavy (non-hydrogen) atoms. The lowest BCUT2D eigenvalue weighted by atomic mass is 10.0. The molecule has 1 fully saturated rings. The molecule has 0 aromatic carbocycles. The van der Waals surface area contributed by atoms with Gasteiger partial charge in [0.15, 0.2) is 0 Å². The largest absolute Gasteiger partial charge is 0.391 e. The van der Waals surface area contributed by atoms with Crippen LogP contribution in [0.25, 0.3) is 0 Å². The number of rotatable bonds is 1. The van der Waals surface area contributed by atoms with E-state index in [9.17, 15) is 5.11 Å². The van der Waals surface area contributed by atoms with Crippen LogP contribution in [-0.2, 0) is 6.42 Å². The maximum atomic E-state index is 10.4. The molecular weight excluding hydrogens is 238 g/mol. The molecule has 1 saturated carbocycles. The molecule has 1 aromatic heterocycles. The van der Waals surface area contributed by atoms with E-state index in [-0.39, 0.29) is 18.2 Å². The van der Waals surface area contributed by atoms with Gasteiger partial charge in [-0.25, -0.2) is 0 Å². The Bertz CT molecular complexity index is 429. The van der Waals surface area contributed by atoms with E-state index in [1.807, 2.05) is 6.20 Å². The SMILES string of the molecule is NC1CCCCc2c1cnn2C1CCCCCC1O. The predicted octanol–water partition coefficient (Wildman–Crippen LogP) is 2.48. The van der Waals surface area contributed by atoms with Gasteiger partial charge in [0.05, 0.1) is 18.3 Å². The lowest BCUT2D eigenvalue weighted by Crippen LogP contribution is -2.25. The van der Waals surface area contributed by atoms with Crippen molar-refractivity contribution in [1.82, 2.24) is 9.78 Å². The molecule has 0 bridgehead atoms. The Hall–Kier alpha value is -0.870. The monoisotopic (exact) mass is 263 g/mol. The third-order valence-corrected chi connectivity index (χ3v) is 4.77. The van der Waals surface area contributed by atoms with Crippen LogP contribution in [0.3, 0.4) is 0 Å². The van der Waals surface area contributed by atoms with Gasteiger partial charge in [0, 0.05) is 17.3 Å². The molecule has 3 N–H and O–H groups in total. The van der Waals surface area contributed by atoms with Crippen LogP contribution in [0.15, 0.2) is 6.20 Å². The first-order valence-electron chi connectivity index (χ1n) is 7.77. The molecule has 2 aliphatic carbocycles. The molecule has 1 aromatic rings. The third-order valence-electron chi connectivity index (χ3n) is 4.77. The normalized spacial score (nSPS) is 32.4. The second-order valence-electron chi connectivity index (χ2n) is 6.12. The van der Waals surface area contributed by atoms with E-state index in [1.165, 1.54) is 36.9 Å². The summed E-state index contributed by atoms with van der Waals surface area (Å²) >= 11 is 0. The summed E-state index contributed by atoms with van der Waals surface area (Å²) in [6.45, 7) is 0. The summed E-state index contributed by atoms with van der Waals surface area (Å²) in [7, 11) is 0. The summed E-state index contributed by atoms with van der Waals surface area (Å²) < 4.78 is 2.11. The number of nitrogens with zero attached hydrogens (tertiary/aromatic N) is 2. The molecule has 1 heterocycles. The smallest absolute Gasteiger partial charge is 0.0781 e. The highest BCUT2D eigenvalue weighted by atomic mass is 16.3. The molecule has 0 amide bonds. The average molecular weight is 263 g/mol. The van der Waals surface area contributed by atoms with E-state index in [2.05, 4.69) is 9.78 Å². The summed E-state index contributed by atoms with van der Waals surface area (Å²) in [5.41, 5.74) is 8.74. The van der Waals surface area contributed by atoms with Gasteiger partial charge in [-0.05, 0) is 32.1 Å². The summed E-state index contributed by atoms with van der Waals surface area (Å²) in [5.74, 6) is 0. The number of nitrogens with two attached hydrogens (primary N) is 1. The van der Waals surface area contributed by atoms with E-state index >= 15 is 0 Å². The Kier molecular flexibility index (Phi) is 3.89. The van der Waals surface area contributed by atoms with E-state index < -0.39 is 0 Å². The lowest BCUT2D eigenvalue weighted by Gasteiger charge is -2.23. The standard InChI is InChI=1S/C15H25N3O/c16-12-6-4-5-7-13-11(12)10-17-18(13)14-8-2-1-3-9-15(14)19/h10,12,14-15,19H,1-9,16H2. The molecule has 2 aliphatic rings. The highest BCUT2D eigenvalue weighted by molar-refractivity contribution is 5.24. The van der Waals surface area contributed by atoms with Crippen LogP contribution in [-0.4, -0.2) is 21.0 Å². The van der Waals surface area contributed by atoms with E-state index in [0.29, 0.717) is 0 Å². The molecule has 4 heteroatoms. The quantitative estimate of drug-likeness (QED) is 0.604. The minimum Gasteiger partial charge on any atom is -0.391 e. The molecule has 0 aliphatic heterocycles. The van der Waals surface area contributed by atoms with Gasteiger partial charge in [-0.15, -0.1) is 0 Å². The van der Waals surface area contributed by atoms with Crippen molar-refractivity contribution in [2.24, 2.45) is 5.73 Å². The van der Waals surface area contributed by atoms with E-state index in [1.54, 1.807) is 0 Å². The number of aromatic nitrogens is 2. The fourth-order valence-corrected chi connectivity index (χ4v) is 3.62. The highest BCUT2D eigenvalue weighted by Crippen LogP contribution is 2.33. The topological polar surface area (TPSA) is 64.1 Å². The number of aliphatic hydroxyl groups excluding tert-OH is 1. The Labute approximate surface area is 115 Å². The minimum absolute atomic E-state index is 0.133. The van der Waals surface area contributed by atoms with Crippen LogP contribution in [0.5, 0.6) is 0 Å². The van der Waals surface area contributed by atoms with Crippen molar-refractivity contribution in [2.75, 3.05) is 0 Å². The molecule has 106 valence electrons. The van der Waals surface area contributed by atoms with E-state index in [4.69, 9.17) is 5.73 Å². The van der Waals surface area contributed by atoms with Crippen molar-refractivity contribution in [1.29, 1.82) is 0 Å². The van der Waals surface area contributed by atoms with Gasteiger partial charge in [0.1, 0.15) is 0 Å². The molecule has 3 rings (SSSR count). The zero-order valence-corrected chi connectivity index (χ0v) is 11.6. The second-order valence-corrected chi connectivity index (χ2v) is 6.12. The summed E-state index contributed by atoms with van der Waals surface area (Å²) in [5, 5.41) is 14.9. The second kappa shape index (κ2) is 5.63. The van der Waals surface area contributed by atoms with Gasteiger partial charge in [0.2, 0.25) is 0 Å². The summed E-state index contributed by atoms with van der Waals surface area (Å²) in [6, 6.07) is 0.297. The lowest BCUT2D eigenvalue weighted by molar-refractivity contribution is 0.0974. The molecule has 3 atom stereocenters. The summed E-state index contributed by atoms with van der Waals surface area (Å²) in [6.07, 6.45) is 11.7. The fraction of sp³-hybridized carbons (Fsp3) is 0.800. The van der Waals surface area contributed by atoms with Crippen LogP contribution in [0.2, 0.25) is 0 Å². The van der Waals surface area contributed by atoms with Gasteiger partial charge >= 0.3 is 0 Å². The number of hydrogen-bond acceptors (Lipinski definition) is 3. The Morgan fingerprint density at radius 3 is 2.79 bits per heavy atom. The van der Waals surface area contributed by atoms with Crippen LogP contribution in [0.4, 0.5) is 0 Å². The zero-order chi connectivity index (χ0) is 13.2. The third kappa shape index (κ3) is 2.56. The maximum Gasteiger partial charge on any atom is 0.0781 e. The first-order valence-corrected chi connectivity index (χ1v) is 7.77. The minimum atomic E-state index is -0.244. The average Bonchev–Trinajstić information content (AvgIpc) is 2.57. The van der Waals surface area contributed by atoms with Gasteiger partial charge in [-0.1, -0.05) is 25.7 Å². The Balaban J connectivity index is 1.92. The maximum absolute atomic E-state index is 10.4. The molecule has 0 saturated heterocycles. The van der Waals surface area contributed by atoms with Crippen LogP contribution >= 0.6 is 0 Å². The van der Waals surface area contributed by atoms with Gasteiger partial charge in [0.25, 0.3) is 0 Å². The van der Waals surface area contributed by atoms with Crippen molar-refractivity contribution in [3.63, 3.8) is 0 Å². The van der Waals surface area contributed by atoms with Crippen molar-refractivity contribution < 1.29 is 5.11 Å². The van der Waals surface area contributed by atoms with Crippen LogP contribution in [0.1, 0.15) is 74.7 Å². The Morgan fingerprint density at radius 2 is 1.89 bits per heavy atom. The number of hydrogen-bond donors (Lipinski definition) is 2. The van der Waals surface area contributed by atoms with Crippen LogP contribution in [0, 0.1) is 0 Å². The molecular formula is C15H25N3O. The fourth-order valence-electron chi connectivity index (χ4n) is 3.62. The molecule has 4 nitrogen and oxygen atoms in total. The van der Waals surface area contributed by atoms with Gasteiger partial charge in [-0.2, -0.15) is 5.10 Å². The van der Waals surface area contributed by atoms with Crippen molar-refractivity contribution in [3.8, 4) is 0 Å². The number of fused-ring (bicyclic) bond motifs is 1. The first kappa shape index (κ1) is 13.1. The highest BCUT2D eigenvalue weighted by Gasteiger charge is 2.28. The van der Waals surface area contributed by atoms with Crippen molar-refractivity contribution in [2.45, 2.75) is 76.0 Å². The Morgan fingerprint density at radius 1 is 1.11 bits per heavy atom. The van der Waals surface area contributed by atoms with Gasteiger partial charge < -0.3 is 10.8 Å². The summed E-state index contributed by atoms with van der Waals surface area (Å²) in [4.78, 5) is 0. The molecule has 0 radical (unpaired) electrons. The molecule has 0 spiro atoms. The van der Waals surface area contributed by atoms with Crippen LogP contribution < -0.4 is 5.73 Å². The van der Waals surface area contributed by atoms with E-state index in [0.717, 1.165) is 32.1 Å². The van der Waals surface area contributed by atoms with Crippen molar-refractivity contribution >= 4 is 0 Å². The van der Waals surface area contributed by atoms with Crippen molar-refractivity contribution in [3.05, 3.63) is 17.5 Å². The predicted molar refractivity (Wildman–Crippen MR) is 74.8 cm³/mol. The molecule has 3 unspecified atom stereocenters. The first-order chi connectivity index (χ1) is 9.27. The number of aliphatic hydroxyl groups is 1. The van der Waals surface area contributed by atoms with Gasteiger partial charge in [-0.3, -0.25) is 4.68 Å².